The number of carbonyl (C=O) groups excluding carboxylic acids is 1. The van der Waals surface area contributed by atoms with E-state index in [-0.39, 0.29) is 36.1 Å². The summed E-state index contributed by atoms with van der Waals surface area (Å²) in [6, 6.07) is 13.6. The molecule has 1 atom stereocenters. The molecule has 180 valence electrons. The molecule has 2 aromatic heterocycles. The van der Waals surface area contributed by atoms with E-state index < -0.39 is 11.2 Å². The molecule has 1 aliphatic heterocycles. The standard InChI is InChI=1S/C25H23ClN4O5/c1-34-17-7-4-6-16(12-17)21(31)14-28-15-27-23-22(28)24(32)29(13-18-8-5-11-35-18)25(33)30(23)20-10-3-2-9-19(20)26/h2-4,6-7,9-10,12,15,18H,5,8,11,13-14H2,1H3/t18-/m0/s1. The lowest BCUT2D eigenvalue weighted by atomic mass is 10.1. The maximum Gasteiger partial charge on any atom is 0.337 e. The second-order valence-corrected chi connectivity index (χ2v) is 8.73. The zero-order valence-electron chi connectivity index (χ0n) is 19.0. The molecule has 0 saturated carbocycles. The average Bonchev–Trinajstić information content (AvgIpc) is 3.53. The predicted molar refractivity (Wildman–Crippen MR) is 131 cm³/mol. The van der Waals surface area contributed by atoms with E-state index in [1.54, 1.807) is 48.5 Å². The van der Waals surface area contributed by atoms with E-state index >= 15 is 0 Å². The van der Waals surface area contributed by atoms with Crippen LogP contribution in [0.3, 0.4) is 0 Å². The summed E-state index contributed by atoms with van der Waals surface area (Å²) in [7, 11) is 1.53. The van der Waals surface area contributed by atoms with E-state index in [1.807, 2.05) is 0 Å². The number of hydrogen-bond acceptors (Lipinski definition) is 6. The van der Waals surface area contributed by atoms with Crippen LogP contribution in [-0.4, -0.2) is 44.3 Å². The fraction of sp³-hybridized carbons (Fsp3) is 0.280. The SMILES string of the molecule is COc1cccc(C(=O)Cn2cnc3c2c(=O)n(C[C@@H]2CCCO2)c(=O)n3-c2ccccc2Cl)c1. The van der Waals surface area contributed by atoms with Gasteiger partial charge in [0.15, 0.2) is 16.9 Å². The van der Waals surface area contributed by atoms with Gasteiger partial charge in [-0.3, -0.25) is 14.2 Å². The number of benzene rings is 2. The third-order valence-electron chi connectivity index (χ3n) is 6.11. The molecule has 10 heteroatoms. The zero-order chi connectivity index (χ0) is 24.5. The van der Waals surface area contributed by atoms with E-state index in [2.05, 4.69) is 4.98 Å². The van der Waals surface area contributed by atoms with Crippen LogP contribution in [0, 0.1) is 0 Å². The van der Waals surface area contributed by atoms with Gasteiger partial charge in [0.05, 0.1) is 43.3 Å². The fourth-order valence-corrected chi connectivity index (χ4v) is 4.57. The first kappa shape index (κ1) is 23.1. The van der Waals surface area contributed by atoms with Gasteiger partial charge in [-0.1, -0.05) is 35.9 Å². The molecule has 4 aromatic rings. The molecule has 0 spiro atoms. The normalized spacial score (nSPS) is 15.5. The van der Waals surface area contributed by atoms with Crippen LogP contribution in [0.4, 0.5) is 0 Å². The van der Waals surface area contributed by atoms with Gasteiger partial charge in [-0.05, 0) is 37.1 Å². The molecular weight excluding hydrogens is 472 g/mol. The Morgan fingerprint density at radius 2 is 2.03 bits per heavy atom. The maximum atomic E-state index is 13.6. The van der Waals surface area contributed by atoms with Crippen molar-refractivity contribution < 1.29 is 14.3 Å². The fourth-order valence-electron chi connectivity index (χ4n) is 4.35. The van der Waals surface area contributed by atoms with Gasteiger partial charge in [0.1, 0.15) is 5.75 Å². The molecule has 1 fully saturated rings. The number of imidazole rings is 1. The van der Waals surface area contributed by atoms with Crippen molar-refractivity contribution in [1.82, 2.24) is 18.7 Å². The molecule has 2 aromatic carbocycles. The van der Waals surface area contributed by atoms with Crippen LogP contribution in [-0.2, 0) is 17.8 Å². The average molecular weight is 495 g/mol. The minimum atomic E-state index is -0.560. The molecule has 0 amide bonds. The highest BCUT2D eigenvalue weighted by Gasteiger charge is 2.24. The molecule has 5 rings (SSSR count). The van der Waals surface area contributed by atoms with Gasteiger partial charge in [0, 0.05) is 12.2 Å². The molecule has 1 saturated heterocycles. The third-order valence-corrected chi connectivity index (χ3v) is 6.43. The van der Waals surface area contributed by atoms with Crippen LogP contribution in [0.1, 0.15) is 23.2 Å². The zero-order valence-corrected chi connectivity index (χ0v) is 19.8. The van der Waals surface area contributed by atoms with Gasteiger partial charge < -0.3 is 14.0 Å². The Hall–Kier alpha value is -3.69. The number of ether oxygens (including phenoxy) is 2. The van der Waals surface area contributed by atoms with E-state index in [0.29, 0.717) is 28.6 Å². The van der Waals surface area contributed by atoms with Crippen LogP contribution in [0.15, 0.2) is 64.4 Å². The van der Waals surface area contributed by atoms with Crippen molar-refractivity contribution in [2.75, 3.05) is 13.7 Å². The molecule has 0 N–H and O–H groups in total. The Bertz CT molecular complexity index is 1530. The molecule has 3 heterocycles. The highest BCUT2D eigenvalue weighted by atomic mass is 35.5. The minimum Gasteiger partial charge on any atom is -0.497 e. The monoisotopic (exact) mass is 494 g/mol. The van der Waals surface area contributed by atoms with Crippen molar-refractivity contribution in [1.29, 1.82) is 0 Å². The molecule has 0 bridgehead atoms. The number of Topliss-reactive ketones (excluding diaryl/α,β-unsaturated/α-hetero) is 1. The summed E-state index contributed by atoms with van der Waals surface area (Å²) in [4.78, 5) is 44.5. The molecule has 9 nitrogen and oxygen atoms in total. The van der Waals surface area contributed by atoms with Crippen molar-refractivity contribution in [3.8, 4) is 11.4 Å². The minimum absolute atomic E-state index is 0.104. The van der Waals surface area contributed by atoms with E-state index in [0.717, 1.165) is 17.4 Å². The lowest BCUT2D eigenvalue weighted by Crippen LogP contribution is -2.42. The maximum absolute atomic E-state index is 13.6. The highest BCUT2D eigenvalue weighted by molar-refractivity contribution is 6.32. The van der Waals surface area contributed by atoms with Crippen LogP contribution >= 0.6 is 11.6 Å². The summed E-state index contributed by atoms with van der Waals surface area (Å²) in [5.41, 5.74) is 0.0176. The summed E-state index contributed by atoms with van der Waals surface area (Å²) in [6.07, 6.45) is 2.77. The van der Waals surface area contributed by atoms with Crippen LogP contribution in [0.2, 0.25) is 5.02 Å². The quantitative estimate of drug-likeness (QED) is 0.366. The van der Waals surface area contributed by atoms with Crippen molar-refractivity contribution in [3.05, 3.63) is 86.3 Å². The highest BCUT2D eigenvalue weighted by Crippen LogP contribution is 2.22. The topological polar surface area (TPSA) is 97.4 Å². The van der Waals surface area contributed by atoms with Gasteiger partial charge in [0.2, 0.25) is 0 Å². The Morgan fingerprint density at radius 3 is 2.77 bits per heavy atom. The Balaban J connectivity index is 1.67. The second-order valence-electron chi connectivity index (χ2n) is 8.32. The van der Waals surface area contributed by atoms with E-state index in [1.165, 1.54) is 22.6 Å². The molecule has 0 unspecified atom stereocenters. The summed E-state index contributed by atoms with van der Waals surface area (Å²) in [6.45, 7) is 0.556. The summed E-state index contributed by atoms with van der Waals surface area (Å²) in [5, 5.41) is 0.334. The number of fused-ring (bicyclic) bond motifs is 1. The number of halogens is 1. The molecule has 35 heavy (non-hydrogen) atoms. The first-order valence-corrected chi connectivity index (χ1v) is 11.6. The van der Waals surface area contributed by atoms with Crippen LogP contribution in [0.5, 0.6) is 5.75 Å². The van der Waals surface area contributed by atoms with Gasteiger partial charge in [-0.15, -0.1) is 0 Å². The predicted octanol–water partition coefficient (Wildman–Crippen LogP) is 3.07. The largest absolute Gasteiger partial charge is 0.497 e. The Kier molecular flexibility index (Phi) is 6.27. The van der Waals surface area contributed by atoms with Gasteiger partial charge in [-0.25, -0.2) is 14.3 Å². The Labute approximate surface area is 205 Å². The lowest BCUT2D eigenvalue weighted by Gasteiger charge is -2.16. The number of aromatic nitrogens is 4. The summed E-state index contributed by atoms with van der Waals surface area (Å²) < 4.78 is 14.8. The number of ketones is 1. The number of methoxy groups -OCH3 is 1. The first-order chi connectivity index (χ1) is 17.0. The van der Waals surface area contributed by atoms with E-state index in [4.69, 9.17) is 21.1 Å². The third kappa shape index (κ3) is 4.28. The molecule has 1 aliphatic rings. The number of nitrogens with zero attached hydrogens (tertiary/aromatic N) is 4. The summed E-state index contributed by atoms with van der Waals surface area (Å²) in [5.74, 6) is 0.321. The number of para-hydroxylation sites is 1. The lowest BCUT2D eigenvalue weighted by molar-refractivity contribution is 0.0947. The second kappa shape index (κ2) is 9.52. The van der Waals surface area contributed by atoms with Gasteiger partial charge in [-0.2, -0.15) is 0 Å². The van der Waals surface area contributed by atoms with Crippen LogP contribution in [0.25, 0.3) is 16.9 Å². The molecule has 0 radical (unpaired) electrons. The molecular formula is C25H23ClN4O5. The van der Waals surface area contributed by atoms with Crippen LogP contribution < -0.4 is 16.0 Å². The number of carbonyl (C=O) groups is 1. The van der Waals surface area contributed by atoms with Gasteiger partial charge >= 0.3 is 5.69 Å². The van der Waals surface area contributed by atoms with Gasteiger partial charge in [0.25, 0.3) is 5.56 Å². The first-order valence-electron chi connectivity index (χ1n) is 11.2. The smallest absolute Gasteiger partial charge is 0.337 e. The van der Waals surface area contributed by atoms with Crippen molar-refractivity contribution >= 4 is 28.5 Å². The summed E-state index contributed by atoms with van der Waals surface area (Å²) >= 11 is 6.42. The number of hydrogen-bond donors (Lipinski definition) is 0. The van der Waals surface area contributed by atoms with Crippen molar-refractivity contribution in [3.63, 3.8) is 0 Å². The molecule has 0 aliphatic carbocycles. The van der Waals surface area contributed by atoms with E-state index in [9.17, 15) is 14.4 Å². The Morgan fingerprint density at radius 1 is 1.20 bits per heavy atom. The number of rotatable bonds is 7. The van der Waals surface area contributed by atoms with Crippen molar-refractivity contribution in [2.45, 2.75) is 32.0 Å². The van der Waals surface area contributed by atoms with Crippen molar-refractivity contribution in [2.24, 2.45) is 0 Å².